The van der Waals surface area contributed by atoms with Gasteiger partial charge in [0.15, 0.2) is 0 Å². The Hall–Kier alpha value is 0. The molecule has 0 saturated heterocycles. The predicted octanol–water partition coefficient (Wildman–Crippen LogP) is 6.30. The second-order valence-electron chi connectivity index (χ2n) is 7.89. The molecule has 0 radical (unpaired) electrons. The summed E-state index contributed by atoms with van der Waals surface area (Å²) in [6.45, 7) is 14.6. The zero-order valence-electron chi connectivity index (χ0n) is 13.8. The van der Waals surface area contributed by atoms with Crippen LogP contribution in [0.4, 0.5) is 0 Å². The molecule has 1 rings (SSSR count). The Balaban J connectivity index is 2.19. The Morgan fingerprint density at radius 2 is 1.72 bits per heavy atom. The summed E-state index contributed by atoms with van der Waals surface area (Å²) >= 11 is 0. The van der Waals surface area contributed by atoms with Crippen molar-refractivity contribution in [2.24, 2.45) is 29.1 Å². The molecule has 18 heavy (non-hydrogen) atoms. The van der Waals surface area contributed by atoms with E-state index in [-0.39, 0.29) is 0 Å². The summed E-state index contributed by atoms with van der Waals surface area (Å²) in [5.41, 5.74) is 0.559. The fraction of sp³-hybridized carbons (Fsp3) is 1.00. The minimum absolute atomic E-state index is 0.559. The lowest BCUT2D eigenvalue weighted by Crippen LogP contribution is -2.22. The Morgan fingerprint density at radius 3 is 2.22 bits per heavy atom. The van der Waals surface area contributed by atoms with Crippen LogP contribution in [0.5, 0.6) is 0 Å². The van der Waals surface area contributed by atoms with Crippen LogP contribution in [-0.2, 0) is 0 Å². The highest BCUT2D eigenvalue weighted by molar-refractivity contribution is 4.89. The van der Waals surface area contributed by atoms with Crippen LogP contribution in [0.1, 0.15) is 86.5 Å². The van der Waals surface area contributed by atoms with E-state index in [2.05, 4.69) is 41.5 Å². The van der Waals surface area contributed by atoms with E-state index in [9.17, 15) is 0 Å². The van der Waals surface area contributed by atoms with Gasteiger partial charge in [-0.25, -0.2) is 0 Å². The molecule has 1 aliphatic carbocycles. The molecule has 0 aromatic rings. The third-order valence-corrected chi connectivity index (χ3v) is 5.51. The van der Waals surface area contributed by atoms with Crippen molar-refractivity contribution in [2.45, 2.75) is 86.5 Å². The summed E-state index contributed by atoms with van der Waals surface area (Å²) in [6.07, 6.45) is 10.0. The van der Waals surface area contributed by atoms with Crippen molar-refractivity contribution in [2.75, 3.05) is 0 Å². The lowest BCUT2D eigenvalue weighted by molar-refractivity contribution is 0.180. The minimum Gasteiger partial charge on any atom is -0.0654 e. The Morgan fingerprint density at radius 1 is 1.11 bits per heavy atom. The van der Waals surface area contributed by atoms with Crippen molar-refractivity contribution < 1.29 is 0 Å². The van der Waals surface area contributed by atoms with Crippen molar-refractivity contribution in [3.8, 4) is 0 Å². The molecule has 108 valence electrons. The average Bonchev–Trinajstić information content (AvgIpc) is 2.93. The van der Waals surface area contributed by atoms with Gasteiger partial charge in [0.2, 0.25) is 0 Å². The van der Waals surface area contributed by atoms with Gasteiger partial charge in [0.05, 0.1) is 0 Å². The molecule has 0 aromatic carbocycles. The van der Waals surface area contributed by atoms with E-state index < -0.39 is 0 Å². The van der Waals surface area contributed by atoms with Gasteiger partial charge < -0.3 is 0 Å². The molecule has 4 unspecified atom stereocenters. The lowest BCUT2D eigenvalue weighted by atomic mass is 9.73. The van der Waals surface area contributed by atoms with Crippen LogP contribution in [0.15, 0.2) is 0 Å². The van der Waals surface area contributed by atoms with Crippen LogP contribution in [0.25, 0.3) is 0 Å². The number of rotatable bonds is 9. The lowest BCUT2D eigenvalue weighted by Gasteiger charge is -2.32. The Kier molecular flexibility index (Phi) is 6.21. The van der Waals surface area contributed by atoms with E-state index in [1.54, 1.807) is 0 Å². The van der Waals surface area contributed by atoms with Crippen LogP contribution < -0.4 is 0 Å². The third kappa shape index (κ3) is 5.33. The molecular weight excluding hydrogens is 216 g/mol. The molecule has 0 bridgehead atoms. The van der Waals surface area contributed by atoms with E-state index in [1.165, 1.54) is 44.9 Å². The largest absolute Gasteiger partial charge is 0.0654 e. The molecule has 1 aliphatic rings. The fourth-order valence-corrected chi connectivity index (χ4v) is 3.36. The maximum atomic E-state index is 2.50. The molecule has 0 aromatic heterocycles. The van der Waals surface area contributed by atoms with Crippen LogP contribution in [0.3, 0.4) is 0 Å². The van der Waals surface area contributed by atoms with Crippen LogP contribution >= 0.6 is 0 Å². The standard InChI is InChI=1S/C18H36/c1-7-9-14(2)10-8-11-16(4)18(5,6)13-17-12-15(17)3/h14-17H,7-13H2,1-6H3. The molecule has 1 fully saturated rings. The second kappa shape index (κ2) is 6.96. The van der Waals surface area contributed by atoms with Gasteiger partial charge in [-0.1, -0.05) is 73.6 Å². The van der Waals surface area contributed by atoms with Gasteiger partial charge in [-0.15, -0.1) is 0 Å². The predicted molar refractivity (Wildman–Crippen MR) is 82.8 cm³/mol. The molecule has 0 amide bonds. The van der Waals surface area contributed by atoms with Gasteiger partial charge in [0.1, 0.15) is 0 Å². The SMILES string of the molecule is CCCC(C)CCCC(C)C(C)(C)CC1CC1C. The van der Waals surface area contributed by atoms with E-state index in [4.69, 9.17) is 0 Å². The normalized spacial score (nSPS) is 27.0. The zero-order valence-corrected chi connectivity index (χ0v) is 13.8. The minimum atomic E-state index is 0.559. The zero-order chi connectivity index (χ0) is 13.8. The van der Waals surface area contributed by atoms with Crippen molar-refractivity contribution >= 4 is 0 Å². The van der Waals surface area contributed by atoms with Crippen molar-refractivity contribution in [1.29, 1.82) is 0 Å². The average molecular weight is 252 g/mol. The van der Waals surface area contributed by atoms with E-state index in [1.807, 2.05) is 0 Å². The van der Waals surface area contributed by atoms with E-state index in [0.29, 0.717) is 5.41 Å². The van der Waals surface area contributed by atoms with Gasteiger partial charge in [0.25, 0.3) is 0 Å². The van der Waals surface area contributed by atoms with E-state index in [0.717, 1.165) is 23.7 Å². The van der Waals surface area contributed by atoms with Gasteiger partial charge in [0, 0.05) is 0 Å². The molecule has 1 saturated carbocycles. The van der Waals surface area contributed by atoms with E-state index >= 15 is 0 Å². The Labute approximate surface area is 116 Å². The molecule has 0 heterocycles. The maximum absolute atomic E-state index is 2.50. The first-order valence-corrected chi connectivity index (χ1v) is 8.36. The van der Waals surface area contributed by atoms with Crippen molar-refractivity contribution in [3.63, 3.8) is 0 Å². The summed E-state index contributed by atoms with van der Waals surface area (Å²) in [7, 11) is 0. The summed E-state index contributed by atoms with van der Waals surface area (Å²) in [5.74, 6) is 3.88. The number of hydrogen-bond donors (Lipinski definition) is 0. The first-order valence-electron chi connectivity index (χ1n) is 8.36. The Bertz CT molecular complexity index is 228. The van der Waals surface area contributed by atoms with Gasteiger partial charge in [-0.2, -0.15) is 0 Å². The monoisotopic (exact) mass is 252 g/mol. The van der Waals surface area contributed by atoms with Gasteiger partial charge in [-0.05, 0) is 41.9 Å². The molecule has 0 nitrogen and oxygen atoms in total. The quantitative estimate of drug-likeness (QED) is 0.451. The molecule has 0 aliphatic heterocycles. The summed E-state index contributed by atoms with van der Waals surface area (Å²) < 4.78 is 0. The molecular formula is C18H36. The maximum Gasteiger partial charge on any atom is -0.0326 e. The summed E-state index contributed by atoms with van der Waals surface area (Å²) in [5, 5.41) is 0. The first-order chi connectivity index (χ1) is 8.36. The third-order valence-electron chi connectivity index (χ3n) is 5.51. The second-order valence-corrected chi connectivity index (χ2v) is 7.89. The van der Waals surface area contributed by atoms with Gasteiger partial charge >= 0.3 is 0 Å². The van der Waals surface area contributed by atoms with Crippen LogP contribution in [0, 0.1) is 29.1 Å². The summed E-state index contributed by atoms with van der Waals surface area (Å²) in [4.78, 5) is 0. The topological polar surface area (TPSA) is 0 Å². The van der Waals surface area contributed by atoms with Crippen molar-refractivity contribution in [3.05, 3.63) is 0 Å². The smallest absolute Gasteiger partial charge is 0.0326 e. The molecule has 4 atom stereocenters. The first kappa shape index (κ1) is 16.1. The molecule has 0 N–H and O–H groups in total. The van der Waals surface area contributed by atoms with Crippen LogP contribution in [0.2, 0.25) is 0 Å². The summed E-state index contributed by atoms with van der Waals surface area (Å²) in [6, 6.07) is 0. The fourth-order valence-electron chi connectivity index (χ4n) is 3.36. The highest BCUT2D eigenvalue weighted by atomic mass is 14.4. The molecule has 0 heteroatoms. The highest BCUT2D eigenvalue weighted by Crippen LogP contribution is 2.48. The van der Waals surface area contributed by atoms with Crippen LogP contribution in [-0.4, -0.2) is 0 Å². The number of hydrogen-bond acceptors (Lipinski definition) is 0. The highest BCUT2D eigenvalue weighted by Gasteiger charge is 2.38. The van der Waals surface area contributed by atoms with Gasteiger partial charge in [-0.3, -0.25) is 0 Å². The van der Waals surface area contributed by atoms with Crippen molar-refractivity contribution in [1.82, 2.24) is 0 Å². The molecule has 0 spiro atoms.